The first-order valence-corrected chi connectivity index (χ1v) is 12.6. The van der Waals surface area contributed by atoms with E-state index in [0.717, 1.165) is 23.5 Å². The molecule has 1 aliphatic heterocycles. The maximum Gasteiger partial charge on any atom is 0.417 e. The van der Waals surface area contributed by atoms with E-state index in [9.17, 15) is 26.4 Å². The van der Waals surface area contributed by atoms with E-state index in [1.54, 1.807) is 30.3 Å². The Kier molecular flexibility index (Phi) is 6.65. The average Bonchev–Trinajstić information content (AvgIpc) is 3.18. The minimum absolute atomic E-state index is 0.0803. The summed E-state index contributed by atoms with van der Waals surface area (Å²) in [7, 11) is -3.58. The van der Waals surface area contributed by atoms with Crippen LogP contribution in [-0.4, -0.2) is 42.6 Å². The molecule has 7 nitrogen and oxygen atoms in total. The number of piperidine rings is 1. The Hall–Kier alpha value is -2.96. The molecule has 0 radical (unpaired) electrons. The number of halogens is 3. The Bertz CT molecular complexity index is 1290. The third kappa shape index (κ3) is 4.93. The minimum atomic E-state index is -4.68. The molecule has 0 bridgehead atoms. The van der Waals surface area contributed by atoms with Gasteiger partial charge >= 0.3 is 6.18 Å². The van der Waals surface area contributed by atoms with Crippen molar-refractivity contribution in [2.45, 2.75) is 30.0 Å². The van der Waals surface area contributed by atoms with E-state index in [2.05, 4.69) is 10.3 Å². The molecule has 12 heteroatoms. The highest BCUT2D eigenvalue weighted by atomic mass is 32.2. The van der Waals surface area contributed by atoms with Gasteiger partial charge in [0.2, 0.25) is 15.8 Å². The van der Waals surface area contributed by atoms with Gasteiger partial charge in [-0.3, -0.25) is 4.79 Å². The fourth-order valence-corrected chi connectivity index (χ4v) is 6.17. The second kappa shape index (κ2) is 9.35. The van der Waals surface area contributed by atoms with E-state index in [1.807, 2.05) is 0 Å². The predicted molar refractivity (Wildman–Crippen MR) is 123 cm³/mol. The Morgan fingerprint density at radius 2 is 1.68 bits per heavy atom. The van der Waals surface area contributed by atoms with Crippen molar-refractivity contribution in [3.8, 4) is 0 Å². The highest BCUT2D eigenvalue weighted by Gasteiger charge is 2.36. The predicted octanol–water partition coefficient (Wildman–Crippen LogP) is 4.24. The number of nitrogen functional groups attached to an aromatic ring is 1. The first kappa shape index (κ1) is 24.2. The van der Waals surface area contributed by atoms with Gasteiger partial charge in [-0.15, -0.1) is 0 Å². The molecule has 2 aromatic carbocycles. The number of nitrogens with zero attached hydrogens (tertiary/aromatic N) is 2. The number of nitrogens with one attached hydrogen (secondary N) is 1. The molecule has 0 aliphatic carbocycles. The van der Waals surface area contributed by atoms with E-state index in [1.165, 1.54) is 16.4 Å². The highest BCUT2D eigenvalue weighted by Crippen LogP contribution is 2.35. The van der Waals surface area contributed by atoms with Gasteiger partial charge in [0.15, 0.2) is 5.13 Å². The van der Waals surface area contributed by atoms with Crippen LogP contribution in [0, 0.1) is 0 Å². The van der Waals surface area contributed by atoms with Crippen LogP contribution in [0.3, 0.4) is 0 Å². The van der Waals surface area contributed by atoms with Gasteiger partial charge in [0.05, 0.1) is 10.5 Å². The summed E-state index contributed by atoms with van der Waals surface area (Å²) in [5.74, 6) is -1.00. The lowest BCUT2D eigenvalue weighted by Crippen LogP contribution is -2.42. The number of hydrogen-bond donors (Lipinski definition) is 2. The summed E-state index contributed by atoms with van der Waals surface area (Å²) >= 11 is 0.883. The zero-order valence-corrected chi connectivity index (χ0v) is 19.4. The molecule has 1 aromatic heterocycles. The number of sulfonamides is 1. The Balaban J connectivity index is 1.44. The molecular formula is C22H21F3N4O3S2. The Morgan fingerprint density at radius 3 is 2.32 bits per heavy atom. The fraction of sp³-hybridized carbons (Fsp3) is 0.273. The molecule has 0 atom stereocenters. The number of nitrogens with two attached hydrogens (primary N) is 1. The molecule has 4 rings (SSSR count). The molecule has 0 spiro atoms. The molecule has 1 fully saturated rings. The van der Waals surface area contributed by atoms with E-state index in [-0.39, 0.29) is 21.6 Å². The molecule has 3 N–H and O–H groups in total. The Labute approximate surface area is 198 Å². The summed E-state index contributed by atoms with van der Waals surface area (Å²) in [4.78, 5) is 17.1. The van der Waals surface area contributed by atoms with Crippen molar-refractivity contribution in [3.63, 3.8) is 0 Å². The standard InChI is InChI=1S/C22H21F3N4O3S2/c23-22(24,25)17-9-5-4-8-16(17)18(30)19-20(26)28-21(33-19)27-14-10-12-29(13-11-14)34(31,32)15-6-2-1-3-7-15/h1-9,14H,10-13,26H2,(H,27,28). The zero-order valence-electron chi connectivity index (χ0n) is 17.7. The number of anilines is 2. The van der Waals surface area contributed by atoms with Crippen LogP contribution in [-0.2, 0) is 16.2 Å². The molecule has 1 saturated heterocycles. The van der Waals surface area contributed by atoms with Gasteiger partial charge < -0.3 is 11.1 Å². The lowest BCUT2D eigenvalue weighted by Gasteiger charge is -2.31. The van der Waals surface area contributed by atoms with Crippen LogP contribution in [0.4, 0.5) is 24.1 Å². The quantitative estimate of drug-likeness (QED) is 0.481. The maximum atomic E-state index is 13.3. The van der Waals surface area contributed by atoms with Crippen LogP contribution in [0.15, 0.2) is 59.5 Å². The number of rotatable bonds is 6. The topological polar surface area (TPSA) is 105 Å². The normalized spacial score (nSPS) is 15.9. The van der Waals surface area contributed by atoms with Crippen LogP contribution in [0.5, 0.6) is 0 Å². The monoisotopic (exact) mass is 510 g/mol. The van der Waals surface area contributed by atoms with Gasteiger partial charge in [-0.05, 0) is 31.0 Å². The zero-order chi connectivity index (χ0) is 24.5. The molecule has 1 aliphatic rings. The molecule has 0 amide bonds. The number of benzene rings is 2. The van der Waals surface area contributed by atoms with E-state index in [4.69, 9.17) is 5.73 Å². The van der Waals surface area contributed by atoms with E-state index in [0.29, 0.717) is 31.1 Å². The summed E-state index contributed by atoms with van der Waals surface area (Å²) in [5.41, 5.74) is 4.33. The van der Waals surface area contributed by atoms with Crippen LogP contribution in [0.2, 0.25) is 0 Å². The lowest BCUT2D eigenvalue weighted by molar-refractivity contribution is -0.137. The second-order valence-electron chi connectivity index (χ2n) is 7.74. The molecule has 3 aromatic rings. The van der Waals surface area contributed by atoms with Crippen molar-refractivity contribution >= 4 is 38.1 Å². The summed E-state index contributed by atoms with van der Waals surface area (Å²) in [6.45, 7) is 0.584. The first-order chi connectivity index (χ1) is 16.1. The Morgan fingerprint density at radius 1 is 1.06 bits per heavy atom. The number of hydrogen-bond acceptors (Lipinski definition) is 7. The van der Waals surface area contributed by atoms with Crippen LogP contribution >= 0.6 is 11.3 Å². The van der Waals surface area contributed by atoms with Crippen LogP contribution in [0.1, 0.15) is 33.6 Å². The molecule has 0 saturated carbocycles. The van der Waals surface area contributed by atoms with Crippen molar-refractivity contribution < 1.29 is 26.4 Å². The summed E-state index contributed by atoms with van der Waals surface area (Å²) in [6.07, 6.45) is -3.70. The molecule has 2 heterocycles. The van der Waals surface area contributed by atoms with Crippen molar-refractivity contribution in [3.05, 3.63) is 70.6 Å². The summed E-state index contributed by atoms with van der Waals surface area (Å²) in [6, 6.07) is 12.6. The van der Waals surface area contributed by atoms with E-state index < -0.39 is 33.1 Å². The first-order valence-electron chi connectivity index (χ1n) is 10.4. The second-order valence-corrected chi connectivity index (χ2v) is 10.7. The molecule has 180 valence electrons. The number of alkyl halides is 3. The third-order valence-electron chi connectivity index (χ3n) is 5.50. The smallest absolute Gasteiger partial charge is 0.382 e. The molecule has 34 heavy (non-hydrogen) atoms. The van der Waals surface area contributed by atoms with Gasteiger partial charge in [-0.1, -0.05) is 47.7 Å². The number of thiazole rings is 1. The third-order valence-corrected chi connectivity index (χ3v) is 8.41. The summed E-state index contributed by atoms with van der Waals surface area (Å²) in [5, 5.41) is 3.44. The lowest BCUT2D eigenvalue weighted by atomic mass is 10.0. The highest BCUT2D eigenvalue weighted by molar-refractivity contribution is 7.89. The van der Waals surface area contributed by atoms with Crippen molar-refractivity contribution in [1.29, 1.82) is 0 Å². The SMILES string of the molecule is Nc1nc(NC2CCN(S(=O)(=O)c3ccccc3)CC2)sc1C(=O)c1ccccc1C(F)(F)F. The van der Waals surface area contributed by atoms with E-state index >= 15 is 0 Å². The van der Waals surface area contributed by atoms with Crippen molar-refractivity contribution in [1.82, 2.24) is 9.29 Å². The fourth-order valence-electron chi connectivity index (χ4n) is 3.76. The largest absolute Gasteiger partial charge is 0.417 e. The summed E-state index contributed by atoms with van der Waals surface area (Å²) < 4.78 is 66.9. The van der Waals surface area contributed by atoms with Gasteiger partial charge in [0, 0.05) is 24.7 Å². The van der Waals surface area contributed by atoms with Gasteiger partial charge in [-0.25, -0.2) is 13.4 Å². The molecule has 0 unspecified atom stereocenters. The number of carbonyl (C=O) groups is 1. The number of aromatic nitrogens is 1. The van der Waals surface area contributed by atoms with Crippen LogP contribution in [0.25, 0.3) is 0 Å². The van der Waals surface area contributed by atoms with Gasteiger partial charge in [-0.2, -0.15) is 17.5 Å². The van der Waals surface area contributed by atoms with Crippen molar-refractivity contribution in [2.24, 2.45) is 0 Å². The molecular weight excluding hydrogens is 489 g/mol. The minimum Gasteiger partial charge on any atom is -0.382 e. The van der Waals surface area contributed by atoms with Gasteiger partial charge in [0.25, 0.3) is 0 Å². The number of ketones is 1. The van der Waals surface area contributed by atoms with Crippen molar-refractivity contribution in [2.75, 3.05) is 24.1 Å². The van der Waals surface area contributed by atoms with Gasteiger partial charge in [0.1, 0.15) is 10.7 Å². The van der Waals surface area contributed by atoms with Crippen LogP contribution < -0.4 is 11.1 Å². The average molecular weight is 511 g/mol. The number of carbonyl (C=O) groups excluding carboxylic acids is 1. The maximum absolute atomic E-state index is 13.3.